The molecular formula is C25H33N3O2S. The summed E-state index contributed by atoms with van der Waals surface area (Å²) in [5.41, 5.74) is 5.28. The molecule has 0 saturated heterocycles. The lowest BCUT2D eigenvalue weighted by molar-refractivity contribution is 0.161. The Hall–Kier alpha value is -2.60. The van der Waals surface area contributed by atoms with Crippen molar-refractivity contribution in [3.8, 4) is 11.5 Å². The molecule has 2 atom stereocenters. The van der Waals surface area contributed by atoms with Crippen LogP contribution in [0.15, 0.2) is 53.6 Å². The van der Waals surface area contributed by atoms with E-state index in [1.807, 2.05) is 48.5 Å². The van der Waals surface area contributed by atoms with Crippen molar-refractivity contribution in [2.75, 3.05) is 7.11 Å². The molecule has 0 aromatic heterocycles. The highest BCUT2D eigenvalue weighted by atomic mass is 32.1. The predicted molar refractivity (Wildman–Crippen MR) is 131 cm³/mol. The van der Waals surface area contributed by atoms with Crippen LogP contribution in [-0.2, 0) is 6.61 Å². The zero-order valence-electron chi connectivity index (χ0n) is 18.9. The number of hydrogen-bond acceptors (Lipinski definition) is 4. The van der Waals surface area contributed by atoms with Crippen molar-refractivity contribution in [3.63, 3.8) is 0 Å². The molecule has 6 heteroatoms. The van der Waals surface area contributed by atoms with Crippen molar-refractivity contribution >= 4 is 23.5 Å². The van der Waals surface area contributed by atoms with Gasteiger partial charge >= 0.3 is 0 Å². The van der Waals surface area contributed by atoms with Gasteiger partial charge in [-0.15, -0.1) is 0 Å². The Kier molecular flexibility index (Phi) is 7.91. The monoisotopic (exact) mass is 439 g/mol. The fourth-order valence-corrected chi connectivity index (χ4v) is 4.68. The highest BCUT2D eigenvalue weighted by molar-refractivity contribution is 7.80. The van der Waals surface area contributed by atoms with Crippen molar-refractivity contribution in [2.24, 2.45) is 16.4 Å². The molecule has 2 unspecified atom stereocenters. The van der Waals surface area contributed by atoms with Crippen molar-refractivity contribution in [2.45, 2.75) is 52.7 Å². The quantitative estimate of drug-likeness (QED) is 0.349. The number of benzene rings is 2. The van der Waals surface area contributed by atoms with Gasteiger partial charge in [-0.25, -0.2) is 0 Å². The van der Waals surface area contributed by atoms with Gasteiger partial charge in [0.1, 0.15) is 6.61 Å². The molecule has 2 N–H and O–H groups in total. The van der Waals surface area contributed by atoms with Crippen molar-refractivity contribution in [1.82, 2.24) is 10.7 Å². The lowest BCUT2D eigenvalue weighted by Gasteiger charge is -2.39. The minimum atomic E-state index is 0.341. The summed E-state index contributed by atoms with van der Waals surface area (Å²) in [6, 6.07) is 16.1. The van der Waals surface area contributed by atoms with Gasteiger partial charge < -0.3 is 14.8 Å². The van der Waals surface area contributed by atoms with Crippen LogP contribution < -0.4 is 20.2 Å². The molecule has 1 fully saturated rings. The van der Waals surface area contributed by atoms with E-state index in [0.29, 0.717) is 40.6 Å². The van der Waals surface area contributed by atoms with Gasteiger partial charge in [-0.1, -0.05) is 51.1 Å². The van der Waals surface area contributed by atoms with E-state index in [1.165, 1.54) is 6.42 Å². The molecule has 1 saturated carbocycles. The first kappa shape index (κ1) is 23.1. The molecule has 0 heterocycles. The Bertz CT molecular complexity index is 899. The van der Waals surface area contributed by atoms with E-state index in [4.69, 9.17) is 21.7 Å². The topological polar surface area (TPSA) is 54.9 Å². The van der Waals surface area contributed by atoms with E-state index in [0.717, 1.165) is 24.0 Å². The highest BCUT2D eigenvalue weighted by Crippen LogP contribution is 2.38. The van der Waals surface area contributed by atoms with Crippen LogP contribution in [0, 0.1) is 11.3 Å². The van der Waals surface area contributed by atoms with Crippen LogP contribution in [0.1, 0.15) is 51.2 Å². The van der Waals surface area contributed by atoms with E-state index >= 15 is 0 Å². The maximum atomic E-state index is 5.97. The third-order valence-electron chi connectivity index (χ3n) is 5.53. The fraction of sp³-hybridized carbons (Fsp3) is 0.440. The van der Waals surface area contributed by atoms with Gasteiger partial charge in [-0.05, 0) is 72.1 Å². The highest BCUT2D eigenvalue weighted by Gasteiger charge is 2.32. The first-order chi connectivity index (χ1) is 14.8. The summed E-state index contributed by atoms with van der Waals surface area (Å²) in [6.45, 7) is 7.44. The average Bonchev–Trinajstić information content (AvgIpc) is 2.71. The maximum Gasteiger partial charge on any atom is 0.187 e. The second-order valence-electron chi connectivity index (χ2n) is 9.14. The number of thiocarbonyl (C=S) groups is 1. The van der Waals surface area contributed by atoms with Crippen molar-refractivity contribution in [3.05, 3.63) is 59.7 Å². The number of methoxy groups -OCH3 is 1. The molecule has 2 aromatic rings. The number of hydrazone groups is 1. The number of nitrogens with one attached hydrogen (secondary N) is 2. The van der Waals surface area contributed by atoms with Crippen molar-refractivity contribution < 1.29 is 9.47 Å². The second-order valence-corrected chi connectivity index (χ2v) is 9.55. The summed E-state index contributed by atoms with van der Waals surface area (Å²) >= 11 is 5.44. The minimum Gasteiger partial charge on any atom is -0.493 e. The van der Waals surface area contributed by atoms with Gasteiger partial charge in [0, 0.05) is 6.04 Å². The molecule has 31 heavy (non-hydrogen) atoms. The van der Waals surface area contributed by atoms with E-state index in [1.54, 1.807) is 13.3 Å². The summed E-state index contributed by atoms with van der Waals surface area (Å²) in [7, 11) is 1.64. The molecule has 0 bridgehead atoms. The van der Waals surface area contributed by atoms with Crippen LogP contribution in [0.4, 0.5) is 0 Å². The first-order valence-electron chi connectivity index (χ1n) is 10.8. The van der Waals surface area contributed by atoms with Crippen LogP contribution in [0.5, 0.6) is 11.5 Å². The molecule has 1 aliphatic rings. The molecule has 2 aromatic carbocycles. The molecular weight excluding hydrogens is 406 g/mol. The summed E-state index contributed by atoms with van der Waals surface area (Å²) in [4.78, 5) is 0. The Morgan fingerprint density at radius 3 is 2.65 bits per heavy atom. The molecule has 0 spiro atoms. The number of nitrogens with zero attached hydrogens (tertiary/aromatic N) is 1. The summed E-state index contributed by atoms with van der Waals surface area (Å²) in [6.07, 6.45) is 5.24. The van der Waals surface area contributed by atoms with Crippen LogP contribution >= 0.6 is 12.2 Å². The number of rotatable bonds is 7. The zero-order chi connectivity index (χ0) is 22.3. The molecule has 0 radical (unpaired) electrons. The smallest absolute Gasteiger partial charge is 0.187 e. The van der Waals surface area contributed by atoms with Gasteiger partial charge in [0.25, 0.3) is 0 Å². The van der Waals surface area contributed by atoms with Gasteiger partial charge in [-0.2, -0.15) is 5.10 Å². The molecule has 3 rings (SSSR count). The van der Waals surface area contributed by atoms with Crippen LogP contribution in [0.25, 0.3) is 0 Å². The van der Waals surface area contributed by atoms with Crippen molar-refractivity contribution in [1.29, 1.82) is 0 Å². The number of hydrogen-bond donors (Lipinski definition) is 2. The molecule has 166 valence electrons. The molecule has 5 nitrogen and oxygen atoms in total. The minimum absolute atomic E-state index is 0.341. The lowest BCUT2D eigenvalue weighted by Crippen LogP contribution is -2.45. The van der Waals surface area contributed by atoms with E-state index < -0.39 is 0 Å². The normalized spacial score (nSPS) is 20.3. The summed E-state index contributed by atoms with van der Waals surface area (Å²) in [5.74, 6) is 2.06. The molecule has 0 aliphatic heterocycles. The van der Waals surface area contributed by atoms with Gasteiger partial charge in [0.2, 0.25) is 0 Å². The largest absolute Gasteiger partial charge is 0.493 e. The van der Waals surface area contributed by atoms with Gasteiger partial charge in [-0.3, -0.25) is 5.43 Å². The van der Waals surface area contributed by atoms with E-state index in [9.17, 15) is 0 Å². The standard InChI is InChI=1S/C25H33N3O2S/c1-18-12-21(15-25(2,3)14-18)27-24(31)28-26-16-20-10-11-22(29-4)23(13-20)30-17-19-8-6-5-7-9-19/h5-11,13,16,18,21H,12,14-15,17H2,1-4H3,(H2,27,28,31). The Morgan fingerprint density at radius 1 is 1.16 bits per heavy atom. The SMILES string of the molecule is COc1ccc(C=NNC(=S)NC2CC(C)CC(C)(C)C2)cc1OCc1ccccc1. The summed E-state index contributed by atoms with van der Waals surface area (Å²) in [5, 5.41) is 8.28. The van der Waals surface area contributed by atoms with E-state index in [-0.39, 0.29) is 0 Å². The number of ether oxygens (including phenoxy) is 2. The zero-order valence-corrected chi connectivity index (χ0v) is 19.7. The van der Waals surface area contributed by atoms with Gasteiger partial charge in [0.15, 0.2) is 16.6 Å². The van der Waals surface area contributed by atoms with Crippen LogP contribution in [0.3, 0.4) is 0 Å². The Morgan fingerprint density at radius 2 is 1.94 bits per heavy atom. The Balaban J connectivity index is 1.55. The van der Waals surface area contributed by atoms with Crippen LogP contribution in [-0.4, -0.2) is 24.5 Å². The van der Waals surface area contributed by atoms with E-state index in [2.05, 4.69) is 36.6 Å². The van der Waals surface area contributed by atoms with Crippen LogP contribution in [0.2, 0.25) is 0 Å². The lowest BCUT2D eigenvalue weighted by atomic mass is 9.71. The molecule has 1 aliphatic carbocycles. The molecule has 0 amide bonds. The fourth-order valence-electron chi connectivity index (χ4n) is 4.46. The third kappa shape index (κ3) is 7.24. The van der Waals surface area contributed by atoms with Gasteiger partial charge in [0.05, 0.1) is 13.3 Å². The third-order valence-corrected chi connectivity index (χ3v) is 5.74. The second kappa shape index (κ2) is 10.6. The predicted octanol–water partition coefficient (Wildman–Crippen LogP) is 5.29. The summed E-state index contributed by atoms with van der Waals surface area (Å²) < 4.78 is 11.4. The maximum absolute atomic E-state index is 5.97. The average molecular weight is 440 g/mol. The Labute approximate surface area is 191 Å². The first-order valence-corrected chi connectivity index (χ1v) is 11.2.